The smallest absolute Gasteiger partial charge is 0.346 e. The van der Waals surface area contributed by atoms with Crippen molar-refractivity contribution in [2.24, 2.45) is 5.92 Å². The maximum Gasteiger partial charge on any atom is 0.346 e. The van der Waals surface area contributed by atoms with Crippen LogP contribution in [0.4, 0.5) is 5.69 Å². The highest BCUT2D eigenvalue weighted by atomic mass is 16.7. The Hall–Kier alpha value is -4.17. The molecule has 2 unspecified atom stereocenters. The summed E-state index contributed by atoms with van der Waals surface area (Å²) in [7, 11) is 3.84. The number of methoxy groups -OCH3 is 3. The van der Waals surface area contributed by atoms with Crippen LogP contribution >= 0.6 is 0 Å². The van der Waals surface area contributed by atoms with E-state index in [2.05, 4.69) is 0 Å². The Morgan fingerprint density at radius 2 is 1.39 bits per heavy atom. The van der Waals surface area contributed by atoms with Gasteiger partial charge >= 0.3 is 11.9 Å². The molecular formula is C28H27NO7. The Kier molecular flexibility index (Phi) is 7.07. The molecule has 1 saturated heterocycles. The van der Waals surface area contributed by atoms with E-state index in [9.17, 15) is 14.4 Å². The predicted octanol–water partition coefficient (Wildman–Crippen LogP) is 4.08. The van der Waals surface area contributed by atoms with Crippen molar-refractivity contribution >= 4 is 23.4 Å². The van der Waals surface area contributed by atoms with Crippen molar-refractivity contribution in [1.29, 1.82) is 0 Å². The largest absolute Gasteiger partial charge is 0.497 e. The maximum absolute atomic E-state index is 14.2. The van der Waals surface area contributed by atoms with E-state index < -0.39 is 35.3 Å². The number of Topliss-reactive ketones (excluding diaryl/α,β-unsaturated/α-hetero) is 1. The molecule has 0 radical (unpaired) electrons. The van der Waals surface area contributed by atoms with E-state index in [-0.39, 0.29) is 5.56 Å². The molecule has 2 atom stereocenters. The van der Waals surface area contributed by atoms with Gasteiger partial charge in [0.15, 0.2) is 5.78 Å². The number of ether oxygens (including phenoxy) is 3. The molecule has 0 aromatic heterocycles. The third-order valence-electron chi connectivity index (χ3n) is 6.34. The number of benzene rings is 3. The van der Waals surface area contributed by atoms with E-state index in [0.717, 1.165) is 24.8 Å². The standard InChI is InChI=1S/C28H27NO7/c1-18-10-14-21(15-11-18)29-28(26(31)34-3,27(32)35-4)23(25(36-29)20-8-6-5-7-9-20)24(30)19-12-16-22(33-2)17-13-19/h5-17,23,25H,1-4H3. The molecule has 1 aliphatic heterocycles. The molecule has 8 nitrogen and oxygen atoms in total. The number of hydrogen-bond acceptors (Lipinski definition) is 8. The van der Waals surface area contributed by atoms with E-state index in [1.165, 1.54) is 7.11 Å². The number of anilines is 1. The molecular weight excluding hydrogens is 462 g/mol. The lowest BCUT2D eigenvalue weighted by Gasteiger charge is -2.35. The van der Waals surface area contributed by atoms with Crippen LogP contribution in [0.25, 0.3) is 0 Å². The Labute approximate surface area is 209 Å². The molecule has 3 aromatic rings. The summed E-state index contributed by atoms with van der Waals surface area (Å²) in [5.41, 5.74) is -0.0204. The number of hydrogen-bond donors (Lipinski definition) is 0. The lowest BCUT2D eigenvalue weighted by molar-refractivity contribution is -0.163. The first-order chi connectivity index (χ1) is 17.4. The number of carbonyl (C=O) groups is 3. The molecule has 3 aromatic carbocycles. The average molecular weight is 490 g/mol. The lowest BCUT2D eigenvalue weighted by Crippen LogP contribution is -2.63. The zero-order valence-electron chi connectivity index (χ0n) is 20.5. The number of carbonyl (C=O) groups excluding carboxylic acids is 3. The number of nitrogens with zero attached hydrogens (tertiary/aromatic N) is 1. The molecule has 4 rings (SSSR count). The fourth-order valence-electron chi connectivity index (χ4n) is 4.52. The molecule has 0 saturated carbocycles. The maximum atomic E-state index is 14.2. The van der Waals surface area contributed by atoms with Crippen LogP contribution in [-0.2, 0) is 23.9 Å². The average Bonchev–Trinajstić information content (AvgIpc) is 3.29. The second-order valence-electron chi connectivity index (χ2n) is 8.39. The molecule has 8 heteroatoms. The first-order valence-corrected chi connectivity index (χ1v) is 11.3. The van der Waals surface area contributed by atoms with Gasteiger partial charge in [0.25, 0.3) is 5.54 Å². The van der Waals surface area contributed by atoms with Gasteiger partial charge in [-0.25, -0.2) is 14.7 Å². The van der Waals surface area contributed by atoms with Crippen LogP contribution in [0.3, 0.4) is 0 Å². The molecule has 1 heterocycles. The fourth-order valence-corrected chi connectivity index (χ4v) is 4.52. The van der Waals surface area contributed by atoms with Gasteiger partial charge < -0.3 is 14.2 Å². The zero-order chi connectivity index (χ0) is 25.9. The summed E-state index contributed by atoms with van der Waals surface area (Å²) in [5, 5.41) is 1.16. The molecule has 0 amide bonds. The number of rotatable bonds is 7. The van der Waals surface area contributed by atoms with Gasteiger partial charge in [-0.3, -0.25) is 9.63 Å². The van der Waals surface area contributed by atoms with Crippen LogP contribution < -0.4 is 9.80 Å². The fraction of sp³-hybridized carbons (Fsp3) is 0.250. The Balaban J connectivity index is 1.99. The van der Waals surface area contributed by atoms with Gasteiger partial charge in [-0.2, -0.15) is 0 Å². The van der Waals surface area contributed by atoms with Gasteiger partial charge in [0.05, 0.1) is 27.0 Å². The summed E-state index contributed by atoms with van der Waals surface area (Å²) in [5.74, 6) is -3.21. The first-order valence-electron chi connectivity index (χ1n) is 11.3. The number of hydroxylamine groups is 1. The van der Waals surface area contributed by atoms with Crippen molar-refractivity contribution in [1.82, 2.24) is 0 Å². The van der Waals surface area contributed by atoms with Crippen molar-refractivity contribution < 1.29 is 33.4 Å². The molecule has 0 N–H and O–H groups in total. The van der Waals surface area contributed by atoms with E-state index >= 15 is 0 Å². The summed E-state index contributed by atoms with van der Waals surface area (Å²) in [6, 6.07) is 22.4. The SMILES string of the molecule is COC(=O)C1(C(=O)OC)C(C(=O)c2ccc(OC)cc2)C(c2ccccc2)ON1c1ccc(C)cc1. The molecule has 186 valence electrons. The predicted molar refractivity (Wildman–Crippen MR) is 132 cm³/mol. The normalized spacial score (nSPS) is 18.4. The summed E-state index contributed by atoms with van der Waals surface area (Å²) < 4.78 is 15.5. The molecule has 36 heavy (non-hydrogen) atoms. The highest BCUT2D eigenvalue weighted by Gasteiger charge is 2.70. The number of ketones is 1. The highest BCUT2D eigenvalue weighted by molar-refractivity contribution is 6.15. The van der Waals surface area contributed by atoms with Gasteiger partial charge in [0.1, 0.15) is 17.8 Å². The summed E-state index contributed by atoms with van der Waals surface area (Å²) >= 11 is 0. The highest BCUT2D eigenvalue weighted by Crippen LogP contribution is 2.50. The molecule has 1 aliphatic rings. The van der Waals surface area contributed by atoms with E-state index in [4.69, 9.17) is 19.0 Å². The monoisotopic (exact) mass is 489 g/mol. The third kappa shape index (κ3) is 4.09. The van der Waals surface area contributed by atoms with Crippen molar-refractivity contribution in [3.05, 3.63) is 95.6 Å². The molecule has 0 bridgehead atoms. The molecule has 1 fully saturated rings. The van der Waals surface area contributed by atoms with Crippen LogP contribution in [0.5, 0.6) is 5.75 Å². The van der Waals surface area contributed by atoms with Crippen LogP contribution in [-0.4, -0.2) is 44.6 Å². The van der Waals surface area contributed by atoms with Crippen LogP contribution in [0.2, 0.25) is 0 Å². The topological polar surface area (TPSA) is 91.4 Å². The second kappa shape index (κ2) is 10.2. The van der Waals surface area contributed by atoms with Gasteiger partial charge in [-0.15, -0.1) is 0 Å². The number of aryl methyl sites for hydroxylation is 1. The molecule has 0 spiro atoms. The quantitative estimate of drug-likeness (QED) is 0.279. The van der Waals surface area contributed by atoms with Crippen molar-refractivity contribution in [3.63, 3.8) is 0 Å². The second-order valence-corrected chi connectivity index (χ2v) is 8.39. The summed E-state index contributed by atoms with van der Waals surface area (Å²) in [6.45, 7) is 1.91. The summed E-state index contributed by atoms with van der Waals surface area (Å²) in [6.07, 6.45) is -1.000. The third-order valence-corrected chi connectivity index (χ3v) is 6.34. The zero-order valence-corrected chi connectivity index (χ0v) is 20.5. The van der Waals surface area contributed by atoms with Crippen LogP contribution in [0, 0.1) is 12.8 Å². The minimum atomic E-state index is -2.25. The van der Waals surface area contributed by atoms with Crippen molar-refractivity contribution in [2.45, 2.75) is 18.6 Å². The van der Waals surface area contributed by atoms with E-state index in [1.54, 1.807) is 60.7 Å². The Morgan fingerprint density at radius 1 is 0.806 bits per heavy atom. The van der Waals surface area contributed by atoms with Gasteiger partial charge in [-0.1, -0.05) is 48.0 Å². The van der Waals surface area contributed by atoms with Gasteiger partial charge in [-0.05, 0) is 48.9 Å². The Morgan fingerprint density at radius 3 is 1.92 bits per heavy atom. The minimum absolute atomic E-state index is 0.272. The van der Waals surface area contributed by atoms with Crippen LogP contribution in [0.15, 0.2) is 78.9 Å². The van der Waals surface area contributed by atoms with E-state index in [0.29, 0.717) is 17.0 Å². The molecule has 0 aliphatic carbocycles. The lowest BCUT2D eigenvalue weighted by atomic mass is 9.74. The van der Waals surface area contributed by atoms with Crippen molar-refractivity contribution in [3.8, 4) is 5.75 Å². The van der Waals surface area contributed by atoms with E-state index in [1.807, 2.05) is 25.1 Å². The first kappa shape index (κ1) is 24.9. The van der Waals surface area contributed by atoms with Gasteiger partial charge in [0.2, 0.25) is 0 Å². The van der Waals surface area contributed by atoms with Gasteiger partial charge in [0, 0.05) is 5.56 Å². The minimum Gasteiger partial charge on any atom is -0.497 e. The van der Waals surface area contributed by atoms with Crippen molar-refractivity contribution in [2.75, 3.05) is 26.4 Å². The Bertz CT molecular complexity index is 1220. The van der Waals surface area contributed by atoms with Crippen LogP contribution in [0.1, 0.15) is 27.6 Å². The number of esters is 2. The summed E-state index contributed by atoms with van der Waals surface area (Å²) in [4.78, 5) is 47.7.